The Labute approximate surface area is 204 Å². The Kier molecular flexibility index (Phi) is 5.25. The van der Waals surface area contributed by atoms with Crippen molar-refractivity contribution in [1.82, 2.24) is 4.98 Å². The molecule has 180 valence electrons. The summed E-state index contributed by atoms with van der Waals surface area (Å²) in [7, 11) is 0. The van der Waals surface area contributed by atoms with Gasteiger partial charge in [-0.1, -0.05) is 23.5 Å². The highest BCUT2D eigenvalue weighted by Gasteiger charge is 2.54. The zero-order valence-corrected chi connectivity index (χ0v) is 19.8. The van der Waals surface area contributed by atoms with Crippen molar-refractivity contribution in [3.63, 3.8) is 0 Å². The van der Waals surface area contributed by atoms with Crippen LogP contribution in [0, 0.1) is 5.92 Å². The number of amides is 1. The molecule has 3 aliphatic rings. The number of thiazole rings is 1. The van der Waals surface area contributed by atoms with Crippen molar-refractivity contribution in [2.45, 2.75) is 44.5 Å². The molecular weight excluding hydrogens is 471 g/mol. The number of carbonyl (C=O) groups excluding carboxylic acids is 2. The van der Waals surface area contributed by atoms with Crippen molar-refractivity contribution >= 4 is 38.4 Å². The van der Waals surface area contributed by atoms with E-state index in [1.54, 1.807) is 12.1 Å². The summed E-state index contributed by atoms with van der Waals surface area (Å²) in [5, 5.41) is 10.6. The van der Waals surface area contributed by atoms with Gasteiger partial charge in [0.2, 0.25) is 0 Å². The van der Waals surface area contributed by atoms with Crippen LogP contribution in [0.2, 0.25) is 0 Å². The van der Waals surface area contributed by atoms with E-state index < -0.39 is 30.1 Å². The maximum absolute atomic E-state index is 14.2. The maximum atomic E-state index is 14.2. The number of hydrogen-bond acceptors (Lipinski definition) is 7. The fourth-order valence-electron chi connectivity index (χ4n) is 5.28. The monoisotopic (exact) mass is 494 g/mol. The molecular formula is C26H23FN2O5S. The van der Waals surface area contributed by atoms with E-state index in [1.807, 2.05) is 25.1 Å². The number of fused-ring (bicyclic) bond motifs is 2. The van der Waals surface area contributed by atoms with Crippen LogP contribution >= 0.6 is 11.3 Å². The second-order valence-corrected chi connectivity index (χ2v) is 10.0. The number of nitrogens with zero attached hydrogens (tertiary/aromatic N) is 2. The highest BCUT2D eigenvalue weighted by atomic mass is 32.1. The SMILES string of the molecule is CCOc1ccc2nc(N3C(=O)C4=C(C(=O)C5CC(F)CCC5O4)C3c3cccc(O)c3)sc2c1. The van der Waals surface area contributed by atoms with Crippen LogP contribution in [0.15, 0.2) is 53.8 Å². The van der Waals surface area contributed by atoms with E-state index in [4.69, 9.17) is 9.47 Å². The van der Waals surface area contributed by atoms with Gasteiger partial charge in [-0.15, -0.1) is 0 Å². The average molecular weight is 495 g/mol. The Balaban J connectivity index is 1.48. The maximum Gasteiger partial charge on any atom is 0.296 e. The molecule has 9 heteroatoms. The van der Waals surface area contributed by atoms with Crippen LogP contribution in [0.5, 0.6) is 11.5 Å². The molecule has 2 aliphatic heterocycles. The highest BCUT2D eigenvalue weighted by molar-refractivity contribution is 7.22. The lowest BCUT2D eigenvalue weighted by atomic mass is 9.77. The number of hydrogen-bond donors (Lipinski definition) is 1. The van der Waals surface area contributed by atoms with Crippen molar-refractivity contribution in [2.75, 3.05) is 11.5 Å². The predicted octanol–water partition coefficient (Wildman–Crippen LogP) is 4.85. The van der Waals surface area contributed by atoms with Crippen LogP contribution in [-0.2, 0) is 14.3 Å². The van der Waals surface area contributed by atoms with Gasteiger partial charge < -0.3 is 14.6 Å². The van der Waals surface area contributed by atoms with Gasteiger partial charge in [-0.25, -0.2) is 9.37 Å². The third-order valence-electron chi connectivity index (χ3n) is 6.84. The first-order valence-electron chi connectivity index (χ1n) is 11.7. The highest BCUT2D eigenvalue weighted by Crippen LogP contribution is 2.50. The number of halogens is 1. The number of rotatable bonds is 4. The minimum absolute atomic E-state index is 0.0103. The van der Waals surface area contributed by atoms with Gasteiger partial charge in [0.05, 0.1) is 34.4 Å². The lowest BCUT2D eigenvalue weighted by Crippen LogP contribution is -2.42. The Morgan fingerprint density at radius 3 is 2.89 bits per heavy atom. The van der Waals surface area contributed by atoms with E-state index in [1.165, 1.54) is 28.4 Å². The predicted molar refractivity (Wildman–Crippen MR) is 128 cm³/mol. The van der Waals surface area contributed by atoms with Crippen LogP contribution in [0.1, 0.15) is 37.8 Å². The third kappa shape index (κ3) is 3.56. The van der Waals surface area contributed by atoms with Gasteiger partial charge in [0, 0.05) is 0 Å². The topological polar surface area (TPSA) is 89.0 Å². The number of anilines is 1. The molecule has 0 radical (unpaired) electrons. The Morgan fingerprint density at radius 1 is 1.23 bits per heavy atom. The minimum atomic E-state index is -1.07. The molecule has 0 spiro atoms. The van der Waals surface area contributed by atoms with Gasteiger partial charge in [0.25, 0.3) is 5.91 Å². The summed E-state index contributed by atoms with van der Waals surface area (Å²) in [6.07, 6.45) is -0.791. The summed E-state index contributed by atoms with van der Waals surface area (Å²) in [5.74, 6) is -0.620. The lowest BCUT2D eigenvalue weighted by Gasteiger charge is -2.36. The quantitative estimate of drug-likeness (QED) is 0.558. The molecule has 1 N–H and O–H groups in total. The molecule has 3 heterocycles. The molecule has 35 heavy (non-hydrogen) atoms. The number of Topliss-reactive ketones (excluding diaryl/α,β-unsaturated/α-hetero) is 1. The number of alkyl halides is 1. The fourth-order valence-corrected chi connectivity index (χ4v) is 6.30. The Bertz CT molecular complexity index is 1390. The van der Waals surface area contributed by atoms with Crippen LogP contribution in [0.25, 0.3) is 10.2 Å². The fraction of sp³-hybridized carbons (Fsp3) is 0.346. The number of benzene rings is 2. The van der Waals surface area contributed by atoms with E-state index in [0.717, 1.165) is 4.70 Å². The van der Waals surface area contributed by atoms with Gasteiger partial charge in [0.1, 0.15) is 23.8 Å². The number of carbonyl (C=O) groups is 2. The average Bonchev–Trinajstić information content (AvgIpc) is 3.38. The number of phenols is 1. The van der Waals surface area contributed by atoms with E-state index in [0.29, 0.717) is 41.4 Å². The molecule has 3 aromatic rings. The second-order valence-electron chi connectivity index (χ2n) is 9.01. The van der Waals surface area contributed by atoms with E-state index in [9.17, 15) is 19.1 Å². The summed E-state index contributed by atoms with van der Waals surface area (Å²) in [5.41, 5.74) is 1.47. The van der Waals surface area contributed by atoms with Crippen molar-refractivity contribution in [2.24, 2.45) is 5.92 Å². The van der Waals surface area contributed by atoms with Crippen molar-refractivity contribution in [1.29, 1.82) is 0 Å². The smallest absolute Gasteiger partial charge is 0.296 e. The molecule has 2 aromatic carbocycles. The van der Waals surface area contributed by atoms with E-state index >= 15 is 0 Å². The van der Waals surface area contributed by atoms with Crippen LogP contribution in [0.4, 0.5) is 9.52 Å². The molecule has 1 fully saturated rings. The molecule has 1 aromatic heterocycles. The second kappa shape index (κ2) is 8.34. The Hall–Kier alpha value is -3.46. The number of aromatic hydroxyl groups is 1. The number of aromatic nitrogens is 1. The number of ketones is 1. The molecule has 4 unspecified atom stereocenters. The van der Waals surface area contributed by atoms with E-state index in [-0.39, 0.29) is 29.3 Å². The molecule has 0 saturated heterocycles. The van der Waals surface area contributed by atoms with E-state index in [2.05, 4.69) is 4.98 Å². The van der Waals surface area contributed by atoms with Gasteiger partial charge in [-0.2, -0.15) is 0 Å². The normalized spacial score (nSPS) is 26.1. The zero-order chi connectivity index (χ0) is 24.3. The molecule has 1 amide bonds. The first-order valence-corrected chi connectivity index (χ1v) is 12.5. The summed E-state index contributed by atoms with van der Waals surface area (Å²) in [6, 6.07) is 11.2. The largest absolute Gasteiger partial charge is 0.508 e. The Morgan fingerprint density at radius 2 is 2.09 bits per heavy atom. The van der Waals surface area contributed by atoms with Gasteiger partial charge in [-0.05, 0) is 62.1 Å². The summed E-state index contributed by atoms with van der Waals surface area (Å²) in [6.45, 7) is 2.43. The summed E-state index contributed by atoms with van der Waals surface area (Å²) >= 11 is 1.31. The van der Waals surface area contributed by atoms with Crippen molar-refractivity contribution in [3.8, 4) is 11.5 Å². The summed E-state index contributed by atoms with van der Waals surface area (Å²) in [4.78, 5) is 33.6. The molecule has 1 aliphatic carbocycles. The number of ether oxygens (including phenoxy) is 2. The minimum Gasteiger partial charge on any atom is -0.508 e. The lowest BCUT2D eigenvalue weighted by molar-refractivity contribution is -0.133. The molecule has 7 nitrogen and oxygen atoms in total. The third-order valence-corrected chi connectivity index (χ3v) is 7.85. The first kappa shape index (κ1) is 22.0. The van der Waals surface area contributed by atoms with Crippen LogP contribution in [-0.4, -0.2) is 40.7 Å². The van der Waals surface area contributed by atoms with Gasteiger partial charge >= 0.3 is 0 Å². The molecule has 4 atom stereocenters. The van der Waals surface area contributed by atoms with Gasteiger partial charge in [-0.3, -0.25) is 14.5 Å². The zero-order valence-electron chi connectivity index (χ0n) is 18.9. The molecule has 6 rings (SSSR count). The standard InChI is InChI=1S/C26H23FN2O5S/c1-2-33-16-7-8-18-20(12-16)35-26(28-18)29-22(13-4-3-5-15(30)10-13)21-23(31)17-11-14(27)6-9-19(17)34-24(21)25(29)32/h3-5,7-8,10,12,14,17,19,22,30H,2,6,9,11H2,1H3. The van der Waals surface area contributed by atoms with Crippen LogP contribution < -0.4 is 9.64 Å². The molecule has 0 bridgehead atoms. The van der Waals surface area contributed by atoms with Crippen molar-refractivity contribution in [3.05, 3.63) is 59.4 Å². The first-order chi connectivity index (χ1) is 16.9. The van der Waals surface area contributed by atoms with Crippen molar-refractivity contribution < 1.29 is 28.6 Å². The van der Waals surface area contributed by atoms with Gasteiger partial charge in [0.15, 0.2) is 16.7 Å². The summed E-state index contributed by atoms with van der Waals surface area (Å²) < 4.78 is 26.7. The molecule has 1 saturated carbocycles. The number of phenolic OH excluding ortho intramolecular Hbond substituents is 1. The van der Waals surface area contributed by atoms with Crippen LogP contribution in [0.3, 0.4) is 0 Å².